The van der Waals surface area contributed by atoms with Crippen LogP contribution in [-0.4, -0.2) is 27.1 Å². The number of rotatable bonds is 3. The second-order valence-corrected chi connectivity index (χ2v) is 5.12. The maximum atomic E-state index is 10.9. The molecule has 0 aromatic carbocycles. The van der Waals surface area contributed by atoms with Gasteiger partial charge in [-0.25, -0.2) is 14.8 Å². The van der Waals surface area contributed by atoms with Gasteiger partial charge in [0.2, 0.25) is 5.95 Å². The lowest BCUT2D eigenvalue weighted by atomic mass is 9.87. The van der Waals surface area contributed by atoms with E-state index in [0.717, 1.165) is 18.8 Å². The molecule has 0 aliphatic heterocycles. The van der Waals surface area contributed by atoms with Crippen LogP contribution in [-0.2, 0) is 0 Å². The predicted molar refractivity (Wildman–Crippen MR) is 68.8 cm³/mol. The Morgan fingerprint density at radius 2 is 2.00 bits per heavy atom. The summed E-state index contributed by atoms with van der Waals surface area (Å²) in [7, 11) is 0. The maximum Gasteiger partial charge on any atom is 0.354 e. The van der Waals surface area contributed by atoms with Gasteiger partial charge in [-0.2, -0.15) is 0 Å². The summed E-state index contributed by atoms with van der Waals surface area (Å²) in [5.74, 6) is 0.212. The van der Waals surface area contributed by atoms with Crippen molar-refractivity contribution in [1.29, 1.82) is 0 Å². The first-order valence-corrected chi connectivity index (χ1v) is 6.40. The van der Waals surface area contributed by atoms with E-state index < -0.39 is 5.97 Å². The third-order valence-corrected chi connectivity index (χ3v) is 3.42. The number of hydrogen-bond acceptors (Lipinski definition) is 4. The van der Waals surface area contributed by atoms with Gasteiger partial charge in [0.25, 0.3) is 0 Å². The smallest absolute Gasteiger partial charge is 0.354 e. The van der Waals surface area contributed by atoms with Gasteiger partial charge in [0, 0.05) is 11.7 Å². The molecular weight excluding hydrogens is 230 g/mol. The van der Waals surface area contributed by atoms with Gasteiger partial charge in [0.1, 0.15) is 0 Å². The van der Waals surface area contributed by atoms with Crippen molar-refractivity contribution in [2.75, 3.05) is 5.32 Å². The van der Waals surface area contributed by atoms with E-state index in [1.54, 1.807) is 6.92 Å². The molecule has 0 bridgehead atoms. The lowest BCUT2D eigenvalue weighted by Gasteiger charge is -2.26. The Hall–Kier alpha value is -1.65. The second-order valence-electron chi connectivity index (χ2n) is 5.12. The summed E-state index contributed by atoms with van der Waals surface area (Å²) in [6.45, 7) is 4.05. The molecule has 5 heteroatoms. The maximum absolute atomic E-state index is 10.9. The van der Waals surface area contributed by atoms with E-state index in [1.807, 2.05) is 0 Å². The zero-order chi connectivity index (χ0) is 13.1. The van der Waals surface area contributed by atoms with Crippen LogP contribution in [0.1, 0.15) is 48.8 Å². The van der Waals surface area contributed by atoms with E-state index in [0.29, 0.717) is 17.7 Å². The Labute approximate surface area is 107 Å². The molecule has 1 aromatic rings. The number of carboxylic acid groups (broad SMARTS) is 1. The summed E-state index contributed by atoms with van der Waals surface area (Å²) >= 11 is 0. The topological polar surface area (TPSA) is 75.1 Å². The Morgan fingerprint density at radius 3 is 2.61 bits per heavy atom. The van der Waals surface area contributed by atoms with Crippen LogP contribution in [0.4, 0.5) is 5.95 Å². The van der Waals surface area contributed by atoms with Gasteiger partial charge >= 0.3 is 5.97 Å². The number of aromatic nitrogens is 2. The van der Waals surface area contributed by atoms with Crippen molar-refractivity contribution in [2.45, 2.75) is 45.6 Å². The molecule has 0 unspecified atom stereocenters. The van der Waals surface area contributed by atoms with E-state index in [4.69, 9.17) is 5.11 Å². The van der Waals surface area contributed by atoms with Crippen LogP contribution in [0.15, 0.2) is 6.07 Å². The quantitative estimate of drug-likeness (QED) is 0.860. The fraction of sp³-hybridized carbons (Fsp3) is 0.615. The van der Waals surface area contributed by atoms with Gasteiger partial charge < -0.3 is 10.4 Å². The molecule has 1 saturated carbocycles. The summed E-state index contributed by atoms with van der Waals surface area (Å²) in [6, 6.07) is 1.85. The van der Waals surface area contributed by atoms with Crippen molar-refractivity contribution in [3.8, 4) is 0 Å². The fourth-order valence-corrected chi connectivity index (χ4v) is 2.33. The predicted octanol–water partition coefficient (Wildman–Crippen LogP) is 2.47. The highest BCUT2D eigenvalue weighted by atomic mass is 16.4. The van der Waals surface area contributed by atoms with Crippen LogP contribution in [0.25, 0.3) is 0 Å². The number of carboxylic acids is 1. The van der Waals surface area contributed by atoms with Crippen molar-refractivity contribution in [3.05, 3.63) is 17.5 Å². The number of hydrogen-bond donors (Lipinski definition) is 2. The van der Waals surface area contributed by atoms with Gasteiger partial charge in [-0.15, -0.1) is 0 Å². The minimum atomic E-state index is -1.01. The lowest BCUT2D eigenvalue weighted by Crippen LogP contribution is -2.26. The molecule has 1 aliphatic carbocycles. The number of aromatic carboxylic acids is 1. The minimum absolute atomic E-state index is 0.0502. The molecule has 2 rings (SSSR count). The van der Waals surface area contributed by atoms with Gasteiger partial charge in [0.15, 0.2) is 5.69 Å². The molecule has 1 fully saturated rings. The van der Waals surface area contributed by atoms with Crippen LogP contribution in [0.2, 0.25) is 0 Å². The highest BCUT2D eigenvalue weighted by Crippen LogP contribution is 2.25. The van der Waals surface area contributed by atoms with Crippen molar-refractivity contribution in [2.24, 2.45) is 5.92 Å². The average molecular weight is 249 g/mol. The lowest BCUT2D eigenvalue weighted by molar-refractivity contribution is 0.0690. The molecule has 0 saturated heterocycles. The number of aryl methyl sites for hydroxylation is 1. The molecule has 0 spiro atoms. The van der Waals surface area contributed by atoms with Gasteiger partial charge in [-0.1, -0.05) is 6.92 Å². The third kappa shape index (κ3) is 3.18. The second kappa shape index (κ2) is 5.33. The first kappa shape index (κ1) is 12.8. The number of nitrogens with zero attached hydrogens (tertiary/aromatic N) is 2. The number of nitrogens with one attached hydrogen (secondary N) is 1. The molecule has 0 radical (unpaired) electrons. The Morgan fingerprint density at radius 1 is 1.33 bits per heavy atom. The van der Waals surface area contributed by atoms with Gasteiger partial charge in [0.05, 0.1) is 0 Å². The average Bonchev–Trinajstić information content (AvgIpc) is 2.31. The molecule has 5 nitrogen and oxygen atoms in total. The molecule has 1 heterocycles. The Bertz CT molecular complexity index is 440. The van der Waals surface area contributed by atoms with Crippen LogP contribution >= 0.6 is 0 Å². The first-order chi connectivity index (χ1) is 8.54. The number of anilines is 1. The van der Waals surface area contributed by atoms with Crippen LogP contribution < -0.4 is 5.32 Å². The zero-order valence-corrected chi connectivity index (χ0v) is 10.8. The number of carbonyl (C=O) groups is 1. The molecule has 0 amide bonds. The molecule has 2 N–H and O–H groups in total. The molecule has 0 atom stereocenters. The van der Waals surface area contributed by atoms with Gasteiger partial charge in [-0.3, -0.25) is 0 Å². The highest BCUT2D eigenvalue weighted by Gasteiger charge is 2.19. The largest absolute Gasteiger partial charge is 0.477 e. The van der Waals surface area contributed by atoms with Crippen LogP contribution in [0.3, 0.4) is 0 Å². The van der Waals surface area contributed by atoms with Gasteiger partial charge in [-0.05, 0) is 44.6 Å². The first-order valence-electron chi connectivity index (χ1n) is 6.40. The van der Waals surface area contributed by atoms with E-state index in [-0.39, 0.29) is 5.69 Å². The minimum Gasteiger partial charge on any atom is -0.477 e. The summed E-state index contributed by atoms with van der Waals surface area (Å²) in [6.07, 6.45) is 4.60. The van der Waals surface area contributed by atoms with Crippen molar-refractivity contribution in [3.63, 3.8) is 0 Å². The third-order valence-electron chi connectivity index (χ3n) is 3.42. The molecule has 18 heavy (non-hydrogen) atoms. The van der Waals surface area contributed by atoms with Crippen LogP contribution in [0.5, 0.6) is 0 Å². The zero-order valence-electron chi connectivity index (χ0n) is 10.8. The standard InChI is InChI=1S/C13H19N3O2/c1-8-3-5-10(6-4-8)15-13-14-9(2)7-11(16-13)12(17)18/h7-8,10H,3-6H2,1-2H3,(H,17,18)(H,14,15,16). The van der Waals surface area contributed by atoms with Crippen molar-refractivity contribution < 1.29 is 9.90 Å². The molecule has 1 aliphatic rings. The van der Waals surface area contributed by atoms with E-state index in [9.17, 15) is 4.79 Å². The van der Waals surface area contributed by atoms with E-state index in [2.05, 4.69) is 22.2 Å². The Balaban J connectivity index is 2.07. The molecule has 98 valence electrons. The Kier molecular flexibility index (Phi) is 3.79. The van der Waals surface area contributed by atoms with Crippen LogP contribution in [0, 0.1) is 12.8 Å². The molecular formula is C13H19N3O2. The highest BCUT2D eigenvalue weighted by molar-refractivity contribution is 5.85. The van der Waals surface area contributed by atoms with Crippen molar-refractivity contribution >= 4 is 11.9 Å². The fourth-order valence-electron chi connectivity index (χ4n) is 2.33. The summed E-state index contributed by atoms with van der Waals surface area (Å²) < 4.78 is 0. The summed E-state index contributed by atoms with van der Waals surface area (Å²) in [4.78, 5) is 19.2. The van der Waals surface area contributed by atoms with Crippen molar-refractivity contribution in [1.82, 2.24) is 9.97 Å². The SMILES string of the molecule is Cc1cc(C(=O)O)nc(NC2CCC(C)CC2)n1. The monoisotopic (exact) mass is 249 g/mol. The molecule has 1 aromatic heterocycles. The summed E-state index contributed by atoms with van der Waals surface area (Å²) in [5, 5.41) is 12.2. The normalized spacial score (nSPS) is 23.7. The van der Waals surface area contributed by atoms with E-state index in [1.165, 1.54) is 18.9 Å². The van der Waals surface area contributed by atoms with E-state index >= 15 is 0 Å². The summed E-state index contributed by atoms with van der Waals surface area (Å²) in [5.41, 5.74) is 0.725.